The number of amides is 1. The Morgan fingerprint density at radius 2 is 1.58 bits per heavy atom. The number of carbonyl (C=O) groups excluding carboxylic acids is 1. The van der Waals surface area contributed by atoms with Gasteiger partial charge in [0, 0.05) is 21.4 Å². The Hall–Kier alpha value is -3.88. The number of non-ortho nitro benzene ring substituents is 1. The third-order valence-corrected chi connectivity index (χ3v) is 4.66. The fourth-order valence-corrected chi connectivity index (χ4v) is 2.86. The maximum Gasteiger partial charge on any atom is 0.355 e. The zero-order chi connectivity index (χ0) is 22.4. The standard InChI is InChI=1S/C18H14IN7O5/c19-12-3-5-13(6-4-12)22-17-16(26(30)31)18(21-10-20-17)24-23-15(27)9-11-1-7-14(8-2-11)25(28)29/h1-8,10H,9H2,(H,23,27)(H2,20,21,22,24). The van der Waals surface area contributed by atoms with Crippen LogP contribution in [-0.2, 0) is 11.2 Å². The lowest BCUT2D eigenvalue weighted by Gasteiger charge is -2.11. The van der Waals surface area contributed by atoms with Gasteiger partial charge >= 0.3 is 5.69 Å². The van der Waals surface area contributed by atoms with Gasteiger partial charge in [0.25, 0.3) is 5.69 Å². The minimum Gasteiger partial charge on any atom is -0.334 e. The summed E-state index contributed by atoms with van der Waals surface area (Å²) in [6, 6.07) is 12.6. The number of hydrogen-bond donors (Lipinski definition) is 3. The second-order valence-electron chi connectivity index (χ2n) is 6.08. The van der Waals surface area contributed by atoms with Crippen molar-refractivity contribution in [2.45, 2.75) is 6.42 Å². The van der Waals surface area contributed by atoms with E-state index in [1.807, 2.05) is 12.1 Å². The van der Waals surface area contributed by atoms with Crippen molar-refractivity contribution in [2.24, 2.45) is 0 Å². The molecule has 0 aliphatic rings. The molecule has 0 aliphatic carbocycles. The van der Waals surface area contributed by atoms with Crippen LogP contribution in [0.3, 0.4) is 0 Å². The van der Waals surface area contributed by atoms with Gasteiger partial charge in [0.1, 0.15) is 6.33 Å². The quantitative estimate of drug-likeness (QED) is 0.223. The number of hydrogen-bond acceptors (Lipinski definition) is 9. The molecule has 12 nitrogen and oxygen atoms in total. The van der Waals surface area contributed by atoms with Crippen LogP contribution in [0.2, 0.25) is 0 Å². The van der Waals surface area contributed by atoms with Gasteiger partial charge in [-0.2, -0.15) is 0 Å². The Morgan fingerprint density at radius 3 is 2.19 bits per heavy atom. The summed E-state index contributed by atoms with van der Waals surface area (Å²) < 4.78 is 0.999. The van der Waals surface area contributed by atoms with Crippen LogP contribution in [-0.4, -0.2) is 25.7 Å². The van der Waals surface area contributed by atoms with Crippen molar-refractivity contribution in [1.82, 2.24) is 15.4 Å². The van der Waals surface area contributed by atoms with Crippen molar-refractivity contribution in [3.8, 4) is 0 Å². The van der Waals surface area contributed by atoms with Crippen LogP contribution in [0.15, 0.2) is 54.9 Å². The summed E-state index contributed by atoms with van der Waals surface area (Å²) in [5.41, 5.74) is 5.36. The van der Waals surface area contributed by atoms with Gasteiger partial charge in [-0.3, -0.25) is 35.9 Å². The molecule has 3 N–H and O–H groups in total. The van der Waals surface area contributed by atoms with Crippen LogP contribution in [0.4, 0.5) is 28.7 Å². The number of nitro benzene ring substituents is 1. The van der Waals surface area contributed by atoms with Gasteiger partial charge in [-0.05, 0) is 52.4 Å². The summed E-state index contributed by atoms with van der Waals surface area (Å²) in [4.78, 5) is 41.0. The Kier molecular flexibility index (Phi) is 6.86. The van der Waals surface area contributed by atoms with Gasteiger partial charge in [0.15, 0.2) is 0 Å². The van der Waals surface area contributed by atoms with Gasteiger partial charge < -0.3 is 5.32 Å². The maximum absolute atomic E-state index is 12.2. The van der Waals surface area contributed by atoms with Gasteiger partial charge in [-0.25, -0.2) is 9.97 Å². The molecule has 0 saturated carbocycles. The van der Waals surface area contributed by atoms with E-state index in [-0.39, 0.29) is 23.7 Å². The van der Waals surface area contributed by atoms with Crippen molar-refractivity contribution in [3.63, 3.8) is 0 Å². The highest BCUT2D eigenvalue weighted by atomic mass is 127. The van der Waals surface area contributed by atoms with E-state index in [0.29, 0.717) is 11.3 Å². The number of hydrazine groups is 1. The number of rotatable bonds is 8. The van der Waals surface area contributed by atoms with E-state index in [0.717, 1.165) is 9.90 Å². The van der Waals surface area contributed by atoms with E-state index in [9.17, 15) is 25.0 Å². The molecule has 3 rings (SSSR count). The minimum atomic E-state index is -0.667. The Balaban J connectivity index is 1.70. The largest absolute Gasteiger partial charge is 0.355 e. The molecule has 0 radical (unpaired) electrons. The predicted molar refractivity (Wildman–Crippen MR) is 120 cm³/mol. The molecule has 1 aromatic heterocycles. The SMILES string of the molecule is O=C(Cc1ccc([N+](=O)[O-])cc1)NNc1ncnc(Nc2ccc(I)cc2)c1[N+](=O)[O-]. The predicted octanol–water partition coefficient (Wildman–Crippen LogP) is 3.33. The first kappa shape index (κ1) is 21.8. The van der Waals surface area contributed by atoms with Crippen molar-refractivity contribution >= 4 is 57.2 Å². The molecule has 31 heavy (non-hydrogen) atoms. The first-order valence-corrected chi connectivity index (χ1v) is 9.71. The van der Waals surface area contributed by atoms with Gasteiger partial charge in [0.2, 0.25) is 17.5 Å². The van der Waals surface area contributed by atoms with Crippen LogP contribution in [0.25, 0.3) is 0 Å². The number of nitrogens with one attached hydrogen (secondary N) is 3. The van der Waals surface area contributed by atoms with Gasteiger partial charge in [-0.1, -0.05) is 12.1 Å². The monoisotopic (exact) mass is 535 g/mol. The second-order valence-corrected chi connectivity index (χ2v) is 7.33. The lowest BCUT2D eigenvalue weighted by molar-refractivity contribution is -0.384. The number of nitro groups is 2. The average Bonchev–Trinajstić information content (AvgIpc) is 2.74. The molecule has 0 spiro atoms. The molecule has 0 bridgehead atoms. The minimum absolute atomic E-state index is 0.0478. The molecule has 13 heteroatoms. The van der Waals surface area contributed by atoms with Crippen LogP contribution >= 0.6 is 22.6 Å². The van der Waals surface area contributed by atoms with Gasteiger partial charge in [-0.15, -0.1) is 0 Å². The molecular formula is C18H14IN7O5. The molecule has 1 heterocycles. The molecule has 2 aromatic carbocycles. The normalized spacial score (nSPS) is 10.2. The molecule has 0 unspecified atom stereocenters. The molecule has 1 amide bonds. The topological polar surface area (TPSA) is 165 Å². The summed E-state index contributed by atoms with van der Waals surface area (Å²) >= 11 is 2.14. The zero-order valence-corrected chi connectivity index (χ0v) is 17.8. The third kappa shape index (κ3) is 5.81. The lowest BCUT2D eigenvalue weighted by atomic mass is 10.1. The number of anilines is 3. The highest BCUT2D eigenvalue weighted by molar-refractivity contribution is 14.1. The Labute approximate surface area is 188 Å². The van der Waals surface area contributed by atoms with E-state index in [2.05, 4.69) is 48.7 Å². The molecule has 0 fully saturated rings. The Morgan fingerprint density at radius 1 is 0.935 bits per heavy atom. The van der Waals surface area contributed by atoms with Crippen molar-refractivity contribution in [1.29, 1.82) is 0 Å². The molecule has 0 saturated heterocycles. The summed E-state index contributed by atoms with van der Waals surface area (Å²) in [7, 11) is 0. The second kappa shape index (κ2) is 9.75. The maximum atomic E-state index is 12.2. The van der Waals surface area contributed by atoms with Crippen LogP contribution in [0.1, 0.15) is 5.56 Å². The molecule has 0 aliphatic heterocycles. The number of nitrogens with zero attached hydrogens (tertiary/aromatic N) is 4. The fraction of sp³-hybridized carbons (Fsp3) is 0.0556. The van der Waals surface area contributed by atoms with E-state index in [1.165, 1.54) is 24.3 Å². The van der Waals surface area contributed by atoms with Crippen LogP contribution in [0.5, 0.6) is 0 Å². The fourth-order valence-electron chi connectivity index (χ4n) is 2.50. The number of benzene rings is 2. The van der Waals surface area contributed by atoms with E-state index < -0.39 is 21.4 Å². The lowest BCUT2D eigenvalue weighted by Crippen LogP contribution is -2.31. The first-order valence-electron chi connectivity index (χ1n) is 8.63. The molecule has 158 valence electrons. The van der Waals surface area contributed by atoms with Crippen molar-refractivity contribution in [3.05, 3.63) is 84.2 Å². The number of halogens is 1. The smallest absolute Gasteiger partial charge is 0.334 e. The number of carbonyl (C=O) groups is 1. The zero-order valence-electron chi connectivity index (χ0n) is 15.6. The number of aromatic nitrogens is 2. The van der Waals surface area contributed by atoms with Crippen LogP contribution < -0.4 is 16.2 Å². The summed E-state index contributed by atoms with van der Waals surface area (Å²) in [5, 5.41) is 25.1. The van der Waals surface area contributed by atoms with Crippen molar-refractivity contribution < 1.29 is 14.6 Å². The molecule has 3 aromatic rings. The van der Waals surface area contributed by atoms with Crippen molar-refractivity contribution in [2.75, 3.05) is 10.7 Å². The van der Waals surface area contributed by atoms with E-state index in [1.54, 1.807) is 12.1 Å². The summed E-state index contributed by atoms with van der Waals surface area (Å²) in [6.45, 7) is 0. The highest BCUT2D eigenvalue weighted by Crippen LogP contribution is 2.30. The summed E-state index contributed by atoms with van der Waals surface area (Å²) in [5.74, 6) is -0.771. The molecule has 0 atom stereocenters. The highest BCUT2D eigenvalue weighted by Gasteiger charge is 2.23. The third-order valence-electron chi connectivity index (χ3n) is 3.94. The van der Waals surface area contributed by atoms with Crippen LogP contribution in [0, 0.1) is 23.8 Å². The first-order chi connectivity index (χ1) is 14.8. The van der Waals surface area contributed by atoms with E-state index >= 15 is 0 Å². The average molecular weight is 535 g/mol. The summed E-state index contributed by atoms with van der Waals surface area (Å²) in [6.07, 6.45) is 1.02. The van der Waals surface area contributed by atoms with E-state index in [4.69, 9.17) is 0 Å². The van der Waals surface area contributed by atoms with Gasteiger partial charge in [0.05, 0.1) is 16.3 Å². The Bertz CT molecular complexity index is 1120. The molecular weight excluding hydrogens is 521 g/mol.